The summed E-state index contributed by atoms with van der Waals surface area (Å²) in [6, 6.07) is 1.75. The fraction of sp³-hybridized carbons (Fsp3) is 0.500. The second kappa shape index (κ2) is 6.13. The number of hydrogen-bond donors (Lipinski definition) is 2. The summed E-state index contributed by atoms with van der Waals surface area (Å²) in [4.78, 5) is -0.636. The molecule has 5 nitrogen and oxygen atoms in total. The van der Waals surface area contributed by atoms with Crippen molar-refractivity contribution in [3.8, 4) is 0 Å². The molecule has 1 aromatic rings. The molecule has 0 bridgehead atoms. The first kappa shape index (κ1) is 17.0. The van der Waals surface area contributed by atoms with E-state index in [1.54, 1.807) is 13.8 Å². The Balaban J connectivity index is 3.24. The molecule has 0 saturated heterocycles. The summed E-state index contributed by atoms with van der Waals surface area (Å²) >= 11 is 0. The molecule has 20 heavy (non-hydrogen) atoms. The van der Waals surface area contributed by atoms with Crippen LogP contribution in [0.2, 0.25) is 0 Å². The second-order valence-corrected chi connectivity index (χ2v) is 6.62. The predicted molar refractivity (Wildman–Crippen MR) is 70.5 cm³/mol. The molecule has 114 valence electrons. The normalized spacial score (nSPS) is 12.7. The largest absolute Gasteiger partial charge is 0.383 e. The minimum Gasteiger partial charge on any atom is -0.383 e. The van der Waals surface area contributed by atoms with Crippen LogP contribution in [0.1, 0.15) is 19.4 Å². The summed E-state index contributed by atoms with van der Waals surface area (Å²) in [5, 5.41) is 0. The fourth-order valence-electron chi connectivity index (χ4n) is 1.78. The lowest BCUT2D eigenvalue weighted by Crippen LogP contribution is -2.46. The van der Waals surface area contributed by atoms with Gasteiger partial charge in [-0.1, -0.05) is 0 Å². The molecular formula is C12H18F2N2O3S. The van der Waals surface area contributed by atoms with E-state index < -0.39 is 44.2 Å². The van der Waals surface area contributed by atoms with Gasteiger partial charge in [0.2, 0.25) is 10.0 Å². The van der Waals surface area contributed by atoms with E-state index >= 15 is 0 Å². The van der Waals surface area contributed by atoms with Gasteiger partial charge >= 0.3 is 0 Å². The van der Waals surface area contributed by atoms with Crippen molar-refractivity contribution in [2.75, 3.05) is 13.7 Å². The van der Waals surface area contributed by atoms with Crippen molar-refractivity contribution < 1.29 is 21.9 Å². The Morgan fingerprint density at radius 1 is 1.35 bits per heavy atom. The van der Waals surface area contributed by atoms with Crippen LogP contribution >= 0.6 is 0 Å². The lowest BCUT2D eigenvalue weighted by molar-refractivity contribution is 0.141. The van der Waals surface area contributed by atoms with Crippen molar-refractivity contribution >= 4 is 10.0 Å². The van der Waals surface area contributed by atoms with Crippen LogP contribution in [0.5, 0.6) is 0 Å². The Hall–Kier alpha value is -1.09. The molecule has 0 aromatic heterocycles. The highest BCUT2D eigenvalue weighted by atomic mass is 32.2. The Morgan fingerprint density at radius 3 is 2.45 bits per heavy atom. The maximum absolute atomic E-state index is 14.0. The van der Waals surface area contributed by atoms with E-state index in [0.717, 1.165) is 12.1 Å². The van der Waals surface area contributed by atoms with Crippen LogP contribution in [0, 0.1) is 11.6 Å². The summed E-state index contributed by atoms with van der Waals surface area (Å²) < 4.78 is 58.8. The van der Waals surface area contributed by atoms with Gasteiger partial charge in [-0.2, -0.15) is 0 Å². The summed E-state index contributed by atoms with van der Waals surface area (Å²) in [6.45, 7) is 2.83. The number of benzene rings is 1. The molecule has 0 saturated carbocycles. The Morgan fingerprint density at radius 2 is 1.95 bits per heavy atom. The first-order valence-corrected chi connectivity index (χ1v) is 7.33. The third-order valence-corrected chi connectivity index (χ3v) is 4.28. The van der Waals surface area contributed by atoms with Crippen molar-refractivity contribution in [2.45, 2.75) is 30.8 Å². The molecule has 0 atom stereocenters. The smallest absolute Gasteiger partial charge is 0.244 e. The average Bonchev–Trinajstić information content (AvgIpc) is 2.27. The van der Waals surface area contributed by atoms with Crippen molar-refractivity contribution in [2.24, 2.45) is 5.73 Å². The summed E-state index contributed by atoms with van der Waals surface area (Å²) in [5.41, 5.74) is 3.83. The van der Waals surface area contributed by atoms with Crippen LogP contribution < -0.4 is 10.5 Å². The topological polar surface area (TPSA) is 81.4 Å². The molecule has 0 heterocycles. The Labute approximate surface area is 117 Å². The quantitative estimate of drug-likeness (QED) is 0.825. The molecule has 0 aliphatic rings. The Bertz CT molecular complexity index is 589. The van der Waals surface area contributed by atoms with Gasteiger partial charge in [0, 0.05) is 19.2 Å². The van der Waals surface area contributed by atoms with Gasteiger partial charge in [0.1, 0.15) is 10.7 Å². The highest BCUT2D eigenvalue weighted by Crippen LogP contribution is 2.22. The maximum Gasteiger partial charge on any atom is 0.244 e. The van der Waals surface area contributed by atoms with Gasteiger partial charge < -0.3 is 10.5 Å². The lowest BCUT2D eigenvalue weighted by Gasteiger charge is -2.25. The van der Waals surface area contributed by atoms with Gasteiger partial charge in [0.05, 0.1) is 12.1 Å². The van der Waals surface area contributed by atoms with E-state index in [1.165, 1.54) is 7.11 Å². The molecule has 0 fully saturated rings. The number of nitrogens with one attached hydrogen (secondary N) is 1. The van der Waals surface area contributed by atoms with Crippen LogP contribution in [0.3, 0.4) is 0 Å². The van der Waals surface area contributed by atoms with E-state index in [1.807, 2.05) is 0 Å². The van der Waals surface area contributed by atoms with Gasteiger partial charge in [0.25, 0.3) is 0 Å². The van der Waals surface area contributed by atoms with Gasteiger partial charge in [-0.15, -0.1) is 0 Å². The number of sulfonamides is 1. The molecule has 1 rings (SSSR count). The van der Waals surface area contributed by atoms with Crippen molar-refractivity contribution in [1.29, 1.82) is 0 Å². The minimum absolute atomic E-state index is 0.0960. The molecule has 3 N–H and O–H groups in total. The zero-order valence-corrected chi connectivity index (χ0v) is 12.4. The standard InChI is InChI=1S/C12H18F2N2O3S/c1-12(2,7-19-3)16-20(17,18)10-5-4-9(13)8(6-15)11(10)14/h4-5,16H,6-7,15H2,1-3H3. The third kappa shape index (κ3) is 3.72. The number of hydrogen-bond acceptors (Lipinski definition) is 4. The molecule has 0 aliphatic carbocycles. The molecule has 0 spiro atoms. The monoisotopic (exact) mass is 308 g/mol. The first-order chi connectivity index (χ1) is 9.14. The summed E-state index contributed by atoms with van der Waals surface area (Å²) in [5.74, 6) is -2.05. The molecule has 0 aliphatic heterocycles. The van der Waals surface area contributed by atoms with E-state index in [4.69, 9.17) is 10.5 Å². The third-order valence-electron chi connectivity index (χ3n) is 2.56. The van der Waals surface area contributed by atoms with E-state index in [0.29, 0.717) is 0 Å². The highest BCUT2D eigenvalue weighted by Gasteiger charge is 2.29. The van der Waals surface area contributed by atoms with Crippen molar-refractivity contribution in [3.63, 3.8) is 0 Å². The second-order valence-electron chi connectivity index (χ2n) is 4.96. The molecule has 1 aromatic carbocycles. The zero-order chi connectivity index (χ0) is 15.6. The molecule has 8 heteroatoms. The number of rotatable bonds is 6. The van der Waals surface area contributed by atoms with Crippen LogP contribution in [0.25, 0.3) is 0 Å². The Kier molecular flexibility index (Phi) is 5.20. The molecule has 0 amide bonds. The van der Waals surface area contributed by atoms with Crippen LogP contribution in [-0.4, -0.2) is 27.7 Å². The molecular weight excluding hydrogens is 290 g/mol. The van der Waals surface area contributed by atoms with Crippen LogP contribution in [0.15, 0.2) is 17.0 Å². The number of halogens is 2. The maximum atomic E-state index is 14.0. The van der Waals surface area contributed by atoms with Gasteiger partial charge in [-0.05, 0) is 26.0 Å². The van der Waals surface area contributed by atoms with Gasteiger partial charge in [0.15, 0.2) is 5.82 Å². The van der Waals surface area contributed by atoms with Crippen LogP contribution in [0.4, 0.5) is 8.78 Å². The predicted octanol–water partition coefficient (Wildman–Crippen LogP) is 1.13. The number of methoxy groups -OCH3 is 1. The summed E-state index contributed by atoms with van der Waals surface area (Å²) in [6.07, 6.45) is 0. The minimum atomic E-state index is -4.15. The lowest BCUT2D eigenvalue weighted by atomic mass is 10.1. The van der Waals surface area contributed by atoms with Crippen molar-refractivity contribution in [3.05, 3.63) is 29.3 Å². The van der Waals surface area contributed by atoms with E-state index in [-0.39, 0.29) is 6.61 Å². The van der Waals surface area contributed by atoms with Gasteiger partial charge in [-0.3, -0.25) is 0 Å². The highest BCUT2D eigenvalue weighted by molar-refractivity contribution is 7.89. The van der Waals surface area contributed by atoms with Crippen LogP contribution in [-0.2, 0) is 21.3 Å². The van der Waals surface area contributed by atoms with E-state index in [2.05, 4.69) is 4.72 Å². The zero-order valence-electron chi connectivity index (χ0n) is 11.5. The fourth-order valence-corrected chi connectivity index (χ4v) is 3.28. The first-order valence-electron chi connectivity index (χ1n) is 5.84. The van der Waals surface area contributed by atoms with Crippen molar-refractivity contribution in [1.82, 2.24) is 4.72 Å². The number of ether oxygens (including phenoxy) is 1. The molecule has 0 radical (unpaired) electrons. The van der Waals surface area contributed by atoms with E-state index in [9.17, 15) is 17.2 Å². The SMILES string of the molecule is COCC(C)(C)NS(=O)(=O)c1ccc(F)c(CN)c1F. The van der Waals surface area contributed by atoms with Gasteiger partial charge in [-0.25, -0.2) is 21.9 Å². The summed E-state index contributed by atoms with van der Waals surface area (Å²) in [7, 11) is -2.73. The average molecular weight is 308 g/mol. The number of nitrogens with two attached hydrogens (primary N) is 1. The molecule has 0 unspecified atom stereocenters.